The van der Waals surface area contributed by atoms with Crippen molar-refractivity contribution in [1.82, 2.24) is 5.43 Å². The number of halogens is 2. The quantitative estimate of drug-likeness (QED) is 0.218. The molecule has 0 saturated carbocycles. The van der Waals surface area contributed by atoms with Gasteiger partial charge in [-0.2, -0.15) is 5.10 Å². The summed E-state index contributed by atoms with van der Waals surface area (Å²) in [5.74, 6) is -1.60. The highest BCUT2D eigenvalue weighted by Crippen LogP contribution is 2.36. The molecule has 186 valence electrons. The number of hydrazone groups is 1. The van der Waals surface area contributed by atoms with Crippen molar-refractivity contribution in [2.75, 3.05) is 17.7 Å². The maximum Gasteiger partial charge on any atom is 0.329 e. The molecule has 36 heavy (non-hydrogen) atoms. The Morgan fingerprint density at radius 2 is 1.61 bits per heavy atom. The lowest BCUT2D eigenvalue weighted by molar-refractivity contribution is -0.136. The van der Waals surface area contributed by atoms with Crippen molar-refractivity contribution < 1.29 is 28.2 Å². The predicted octanol–water partition coefficient (Wildman–Crippen LogP) is 4.22. The lowest BCUT2D eigenvalue weighted by Gasteiger charge is -2.13. The van der Waals surface area contributed by atoms with Crippen LogP contribution in [-0.4, -0.2) is 31.0 Å². The van der Waals surface area contributed by atoms with Crippen LogP contribution in [0, 0.1) is 5.82 Å². The SMILES string of the molecule is COc1cc(/C=N/NC(=O)C(=O)Nc2ccc(NC(C)=O)cc2)cc(Br)c1OCc1ccc(F)cc1. The second-order valence-corrected chi connectivity index (χ2v) is 8.22. The molecule has 0 spiro atoms. The predicted molar refractivity (Wildman–Crippen MR) is 137 cm³/mol. The van der Waals surface area contributed by atoms with Gasteiger partial charge < -0.3 is 20.1 Å². The number of anilines is 2. The van der Waals surface area contributed by atoms with Crippen molar-refractivity contribution in [3.05, 3.63) is 82.1 Å². The number of amides is 3. The molecule has 11 heteroatoms. The van der Waals surface area contributed by atoms with Gasteiger partial charge in [-0.1, -0.05) is 12.1 Å². The van der Waals surface area contributed by atoms with Crippen LogP contribution in [0.2, 0.25) is 0 Å². The van der Waals surface area contributed by atoms with Crippen LogP contribution in [0.5, 0.6) is 11.5 Å². The molecule has 0 fully saturated rings. The largest absolute Gasteiger partial charge is 0.493 e. The van der Waals surface area contributed by atoms with E-state index in [0.29, 0.717) is 32.9 Å². The second-order valence-electron chi connectivity index (χ2n) is 7.36. The van der Waals surface area contributed by atoms with Crippen LogP contribution in [0.15, 0.2) is 70.2 Å². The lowest BCUT2D eigenvalue weighted by atomic mass is 10.2. The number of carbonyl (C=O) groups is 3. The first-order chi connectivity index (χ1) is 17.2. The number of nitrogens with zero attached hydrogens (tertiary/aromatic N) is 1. The number of nitrogens with one attached hydrogen (secondary N) is 3. The zero-order valence-electron chi connectivity index (χ0n) is 19.3. The Hall–Kier alpha value is -4.25. The topological polar surface area (TPSA) is 118 Å². The van der Waals surface area contributed by atoms with Gasteiger partial charge >= 0.3 is 11.8 Å². The third kappa shape index (κ3) is 7.64. The molecule has 3 amide bonds. The summed E-state index contributed by atoms with van der Waals surface area (Å²) in [6.07, 6.45) is 1.34. The molecule has 0 aliphatic heterocycles. The van der Waals surface area contributed by atoms with Gasteiger partial charge in [-0.3, -0.25) is 14.4 Å². The third-order valence-corrected chi connectivity index (χ3v) is 5.19. The molecule has 0 atom stereocenters. The Morgan fingerprint density at radius 1 is 0.972 bits per heavy atom. The summed E-state index contributed by atoms with van der Waals surface area (Å²) in [6.45, 7) is 1.58. The van der Waals surface area contributed by atoms with E-state index in [-0.39, 0.29) is 18.3 Å². The highest BCUT2D eigenvalue weighted by atomic mass is 79.9. The fourth-order valence-corrected chi connectivity index (χ4v) is 3.51. The van der Waals surface area contributed by atoms with Crippen molar-refractivity contribution in [2.45, 2.75) is 13.5 Å². The fourth-order valence-electron chi connectivity index (χ4n) is 2.93. The van der Waals surface area contributed by atoms with E-state index in [9.17, 15) is 18.8 Å². The Labute approximate surface area is 214 Å². The average molecular weight is 557 g/mol. The summed E-state index contributed by atoms with van der Waals surface area (Å²) < 4.78 is 24.8. The molecule has 0 heterocycles. The highest BCUT2D eigenvalue weighted by Gasteiger charge is 2.14. The Kier molecular flexibility index (Phi) is 9.12. The van der Waals surface area contributed by atoms with Gasteiger partial charge in [-0.25, -0.2) is 9.82 Å². The zero-order valence-corrected chi connectivity index (χ0v) is 20.9. The average Bonchev–Trinajstić information content (AvgIpc) is 2.85. The molecule has 3 aromatic carbocycles. The Morgan fingerprint density at radius 3 is 2.22 bits per heavy atom. The van der Waals surface area contributed by atoms with Gasteiger partial charge in [-0.05, 0) is 75.6 Å². The minimum atomic E-state index is -0.970. The number of benzene rings is 3. The fraction of sp³-hybridized carbons (Fsp3) is 0.120. The minimum absolute atomic E-state index is 0.198. The van der Waals surface area contributed by atoms with Crippen molar-refractivity contribution in [3.8, 4) is 11.5 Å². The molecule has 0 radical (unpaired) electrons. The van der Waals surface area contributed by atoms with E-state index in [1.165, 1.54) is 32.4 Å². The summed E-state index contributed by atoms with van der Waals surface area (Å²) in [6, 6.07) is 15.5. The molecule has 0 aliphatic carbocycles. The van der Waals surface area contributed by atoms with Crippen LogP contribution in [-0.2, 0) is 21.0 Å². The maximum absolute atomic E-state index is 13.1. The number of ether oxygens (including phenoxy) is 2. The first-order valence-corrected chi connectivity index (χ1v) is 11.3. The molecule has 3 rings (SSSR count). The van der Waals surface area contributed by atoms with Crippen LogP contribution in [0.3, 0.4) is 0 Å². The number of hydrogen-bond acceptors (Lipinski definition) is 6. The molecule has 0 saturated heterocycles. The van der Waals surface area contributed by atoms with Gasteiger partial charge in [0.05, 0.1) is 17.8 Å². The molecule has 0 unspecified atom stereocenters. The van der Waals surface area contributed by atoms with E-state index in [1.807, 2.05) is 0 Å². The van der Waals surface area contributed by atoms with Crippen molar-refractivity contribution in [2.24, 2.45) is 5.10 Å². The smallest absolute Gasteiger partial charge is 0.329 e. The maximum atomic E-state index is 13.1. The number of rotatable bonds is 8. The highest BCUT2D eigenvalue weighted by molar-refractivity contribution is 9.10. The number of methoxy groups -OCH3 is 1. The molecular formula is C25H22BrFN4O5. The van der Waals surface area contributed by atoms with E-state index < -0.39 is 11.8 Å². The molecule has 0 aromatic heterocycles. The van der Waals surface area contributed by atoms with Gasteiger partial charge in [-0.15, -0.1) is 0 Å². The molecule has 3 N–H and O–H groups in total. The van der Waals surface area contributed by atoms with E-state index in [2.05, 4.69) is 37.1 Å². The van der Waals surface area contributed by atoms with Gasteiger partial charge in [0, 0.05) is 18.3 Å². The van der Waals surface area contributed by atoms with E-state index in [0.717, 1.165) is 5.56 Å². The van der Waals surface area contributed by atoms with Crippen LogP contribution < -0.4 is 25.5 Å². The van der Waals surface area contributed by atoms with Crippen molar-refractivity contribution in [1.29, 1.82) is 0 Å². The summed E-state index contributed by atoms with van der Waals surface area (Å²) in [5, 5.41) is 8.85. The van der Waals surface area contributed by atoms with Crippen LogP contribution in [0.1, 0.15) is 18.1 Å². The summed E-state index contributed by atoms with van der Waals surface area (Å²) >= 11 is 3.42. The van der Waals surface area contributed by atoms with E-state index in [4.69, 9.17) is 9.47 Å². The number of hydrogen-bond donors (Lipinski definition) is 3. The molecular weight excluding hydrogens is 535 g/mol. The molecule has 9 nitrogen and oxygen atoms in total. The van der Waals surface area contributed by atoms with Gasteiger partial charge in [0.25, 0.3) is 0 Å². The van der Waals surface area contributed by atoms with Gasteiger partial charge in [0.15, 0.2) is 11.5 Å². The van der Waals surface area contributed by atoms with Crippen molar-refractivity contribution in [3.63, 3.8) is 0 Å². The first-order valence-electron chi connectivity index (χ1n) is 10.5. The molecule has 0 bridgehead atoms. The first kappa shape index (κ1) is 26.4. The summed E-state index contributed by atoms with van der Waals surface area (Å²) in [7, 11) is 1.47. The summed E-state index contributed by atoms with van der Waals surface area (Å²) in [4.78, 5) is 35.2. The Bertz CT molecular complexity index is 1280. The number of carbonyl (C=O) groups excluding carboxylic acids is 3. The van der Waals surface area contributed by atoms with Gasteiger partial charge in [0.2, 0.25) is 5.91 Å². The van der Waals surface area contributed by atoms with Gasteiger partial charge in [0.1, 0.15) is 12.4 Å². The molecule has 0 aliphatic rings. The van der Waals surface area contributed by atoms with E-state index >= 15 is 0 Å². The minimum Gasteiger partial charge on any atom is -0.493 e. The standard InChI is InChI=1S/C25H22BrFN4O5/c1-15(32)29-19-7-9-20(10-8-19)30-24(33)25(34)31-28-13-17-11-21(26)23(22(12-17)35-2)36-14-16-3-5-18(27)6-4-16/h3-13H,14H2,1-2H3,(H,29,32)(H,30,33)(H,31,34)/b28-13+. The molecule has 3 aromatic rings. The normalized spacial score (nSPS) is 10.6. The van der Waals surface area contributed by atoms with Crippen LogP contribution in [0.25, 0.3) is 0 Å². The van der Waals surface area contributed by atoms with E-state index in [1.54, 1.807) is 48.5 Å². The monoisotopic (exact) mass is 556 g/mol. The lowest BCUT2D eigenvalue weighted by Crippen LogP contribution is -2.32. The zero-order chi connectivity index (χ0) is 26.1. The van der Waals surface area contributed by atoms with Crippen LogP contribution >= 0.6 is 15.9 Å². The third-order valence-electron chi connectivity index (χ3n) is 4.60. The van der Waals surface area contributed by atoms with Crippen LogP contribution in [0.4, 0.5) is 15.8 Å². The van der Waals surface area contributed by atoms with Crippen molar-refractivity contribution >= 4 is 51.2 Å². The second kappa shape index (κ2) is 12.5. The Balaban J connectivity index is 1.58. The summed E-state index contributed by atoms with van der Waals surface area (Å²) in [5.41, 5.74) is 4.42.